The van der Waals surface area contributed by atoms with Crippen LogP contribution in [-0.4, -0.2) is 32.0 Å². The topological polar surface area (TPSA) is 179 Å². The molecule has 8 rings (SSSR count). The van der Waals surface area contributed by atoms with Gasteiger partial charge in [-0.25, -0.2) is 9.59 Å². The first kappa shape index (κ1) is 53.8. The van der Waals surface area contributed by atoms with Crippen LogP contribution in [0.1, 0.15) is 167 Å². The van der Waals surface area contributed by atoms with Crippen molar-refractivity contribution in [3.8, 4) is 11.5 Å². The van der Waals surface area contributed by atoms with Gasteiger partial charge in [0.1, 0.15) is 24.3 Å². The van der Waals surface area contributed by atoms with E-state index in [1.165, 1.54) is 113 Å². The van der Waals surface area contributed by atoms with E-state index in [0.717, 1.165) is 54.8 Å². The Hall–Kier alpha value is -5.46. The van der Waals surface area contributed by atoms with E-state index in [-0.39, 0.29) is 57.3 Å². The summed E-state index contributed by atoms with van der Waals surface area (Å²) < 4.78 is 11.9. The van der Waals surface area contributed by atoms with E-state index in [9.17, 15) is 40.0 Å². The summed E-state index contributed by atoms with van der Waals surface area (Å²) >= 11 is 13.8. The number of non-ortho nitro benzene ring substituents is 2. The first-order valence-electron chi connectivity index (χ1n) is 26.3. The monoisotopic (exact) mass is 1040 g/mol. The van der Waals surface area contributed by atoms with E-state index in [4.69, 9.17) is 32.7 Å². The van der Waals surface area contributed by atoms with Crippen molar-refractivity contribution in [1.29, 1.82) is 0 Å². The quantitative estimate of drug-likeness (QED) is 0.0639. The fraction of sp³-hybridized carbons (Fsp3) is 0.525. The van der Waals surface area contributed by atoms with Gasteiger partial charge >= 0.3 is 11.9 Å². The highest BCUT2D eigenvalue weighted by Crippen LogP contribution is 2.69. The second kappa shape index (κ2) is 22.6. The van der Waals surface area contributed by atoms with Crippen LogP contribution in [0.25, 0.3) is 5.57 Å². The maximum absolute atomic E-state index is 12.9. The van der Waals surface area contributed by atoms with Gasteiger partial charge in [-0.3, -0.25) is 20.2 Å². The van der Waals surface area contributed by atoms with Crippen LogP contribution in [0.2, 0.25) is 10.0 Å². The zero-order valence-electron chi connectivity index (χ0n) is 42.7. The van der Waals surface area contributed by atoms with Gasteiger partial charge in [0.25, 0.3) is 11.4 Å². The molecule has 0 aromatic heterocycles. The summed E-state index contributed by atoms with van der Waals surface area (Å²) in [6, 6.07) is 17.7. The van der Waals surface area contributed by atoms with Gasteiger partial charge in [-0.05, 0) is 181 Å². The molecule has 4 aromatic carbocycles. The maximum atomic E-state index is 12.9. The number of halogens is 2. The van der Waals surface area contributed by atoms with E-state index in [2.05, 4.69) is 34.6 Å². The molecule has 1 unspecified atom stereocenters. The standard InChI is InChI=1S/C59H70Cl2N2O10/c1-35(2)10-6-11-36(3)49-20-21-50-46-19-18-42-26-37(22-24-58(42,4)51(46)23-25-59(49,50)5)12-9-17-45(40-29-47(56(64)65)54(52(60)31-40)72-33-38-13-7-15-43(27-38)62(68)69)41-30-48(57(66)67)55(53(61)32-41)73-34-39-14-8-16-44(28-39)63(70)71/h7-8,13-17,27-32,35-37,42,46,49-51H,6,9-12,18-26,33-34H2,1-5H3,(H,64,65)(H,66,67)/t36?,37-,42-,46+,49+,50+,51+,58-,59+/m0/s1. The summed E-state index contributed by atoms with van der Waals surface area (Å²) in [7, 11) is 0. The fourth-order valence-electron chi connectivity index (χ4n) is 14.4. The number of nitro benzene ring substituents is 2. The third-order valence-corrected chi connectivity index (χ3v) is 18.6. The van der Waals surface area contributed by atoms with Crippen molar-refractivity contribution < 1.29 is 39.1 Å². The number of nitro groups is 2. The average Bonchev–Trinajstić information content (AvgIpc) is 3.71. The second-order valence-corrected chi connectivity index (χ2v) is 23.5. The molecule has 0 bridgehead atoms. The number of carboxylic acids is 2. The van der Waals surface area contributed by atoms with Gasteiger partial charge in [-0.2, -0.15) is 0 Å². The zero-order chi connectivity index (χ0) is 52.4. The minimum atomic E-state index is -1.33. The lowest BCUT2D eigenvalue weighted by Crippen LogP contribution is -2.53. The predicted octanol–water partition coefficient (Wildman–Crippen LogP) is 16.3. The molecule has 0 heterocycles. The number of fused-ring (bicyclic) bond motifs is 5. The van der Waals surface area contributed by atoms with Crippen LogP contribution in [0.15, 0.2) is 78.9 Å². The molecule has 4 fully saturated rings. The minimum Gasteiger partial charge on any atom is -0.486 e. The van der Waals surface area contributed by atoms with Gasteiger partial charge in [0.15, 0.2) is 11.5 Å². The average molecular weight is 1040 g/mol. The van der Waals surface area contributed by atoms with E-state index in [1.54, 1.807) is 24.3 Å². The number of allylic oxidation sites excluding steroid dienone is 1. The third kappa shape index (κ3) is 11.6. The van der Waals surface area contributed by atoms with Crippen molar-refractivity contribution in [3.63, 3.8) is 0 Å². The fourth-order valence-corrected chi connectivity index (χ4v) is 15.0. The Morgan fingerprint density at radius 2 is 1.27 bits per heavy atom. The number of ether oxygens (including phenoxy) is 2. The lowest BCUT2D eigenvalue weighted by atomic mass is 9.44. The van der Waals surface area contributed by atoms with Crippen LogP contribution in [0.5, 0.6) is 11.5 Å². The summed E-state index contributed by atoms with van der Waals surface area (Å²) in [6.45, 7) is 12.1. The Bertz CT molecular complexity index is 2630. The first-order valence-corrected chi connectivity index (χ1v) is 27.1. The highest BCUT2D eigenvalue weighted by molar-refractivity contribution is 6.33. The van der Waals surface area contributed by atoms with Crippen LogP contribution >= 0.6 is 23.2 Å². The summed E-state index contributed by atoms with van der Waals surface area (Å²) in [5, 5.41) is 43.9. The van der Waals surface area contributed by atoms with Crippen molar-refractivity contribution in [2.24, 2.45) is 58.2 Å². The number of carbonyl (C=O) groups is 2. The lowest BCUT2D eigenvalue weighted by molar-refractivity contribution is -0.385. The normalized spacial score (nSPS) is 25.7. The molecule has 0 aliphatic heterocycles. The first-order chi connectivity index (χ1) is 34.8. The molecule has 0 spiro atoms. The van der Waals surface area contributed by atoms with Crippen molar-refractivity contribution in [1.82, 2.24) is 0 Å². The largest absolute Gasteiger partial charge is 0.486 e. The molecule has 4 aliphatic carbocycles. The number of carboxylic acid groups (broad SMARTS) is 2. The van der Waals surface area contributed by atoms with Gasteiger partial charge in [-0.15, -0.1) is 0 Å². The molecule has 4 saturated carbocycles. The number of benzene rings is 4. The molecular weight excluding hydrogens is 968 g/mol. The predicted molar refractivity (Wildman–Crippen MR) is 285 cm³/mol. The lowest BCUT2D eigenvalue weighted by Gasteiger charge is -2.61. The van der Waals surface area contributed by atoms with E-state index < -0.39 is 21.8 Å². The molecule has 4 aromatic rings. The molecule has 2 N–H and O–H groups in total. The number of rotatable bonds is 20. The van der Waals surface area contributed by atoms with E-state index in [1.807, 2.05) is 6.08 Å². The van der Waals surface area contributed by atoms with Gasteiger partial charge in [0, 0.05) is 24.3 Å². The Balaban J connectivity index is 1.04. The van der Waals surface area contributed by atoms with Crippen LogP contribution in [-0.2, 0) is 13.2 Å². The molecule has 9 atom stereocenters. The van der Waals surface area contributed by atoms with Crippen molar-refractivity contribution in [3.05, 3.63) is 143 Å². The maximum Gasteiger partial charge on any atom is 0.339 e. The van der Waals surface area contributed by atoms with E-state index >= 15 is 0 Å². The second-order valence-electron chi connectivity index (χ2n) is 22.7. The number of aromatic carboxylic acids is 2. The van der Waals surface area contributed by atoms with Gasteiger partial charge in [0.05, 0.1) is 19.9 Å². The zero-order valence-corrected chi connectivity index (χ0v) is 44.3. The van der Waals surface area contributed by atoms with Gasteiger partial charge in [0.2, 0.25) is 0 Å². The summed E-state index contributed by atoms with van der Waals surface area (Å²) in [5.41, 5.74) is 2.16. The SMILES string of the molecule is CC(C)CCCC(C)[C@H]1CC[C@@H]2[C@H]3CC[C@H]4C[C@@H](CCC=C(c5cc(Cl)c(OCc6cccc([N+](=O)[O-])c6)c(C(=O)O)c5)c5cc(Cl)c(OCc6cccc([N+](=O)[O-])c6)c(C(=O)O)c5)CC[C@]4(C)[C@@H]3CC[C@]12C. The van der Waals surface area contributed by atoms with Crippen molar-refractivity contribution in [2.75, 3.05) is 0 Å². The summed E-state index contributed by atoms with van der Waals surface area (Å²) in [6.07, 6.45) is 19.1. The summed E-state index contributed by atoms with van der Waals surface area (Å²) in [4.78, 5) is 47.7. The number of hydrogen-bond acceptors (Lipinski definition) is 8. The number of hydrogen-bond donors (Lipinski definition) is 2. The van der Waals surface area contributed by atoms with Gasteiger partial charge < -0.3 is 19.7 Å². The molecule has 0 saturated heterocycles. The Morgan fingerprint density at radius 1 is 0.726 bits per heavy atom. The molecular formula is C59H70Cl2N2O10. The van der Waals surface area contributed by atoms with Crippen LogP contribution in [0.4, 0.5) is 11.4 Å². The van der Waals surface area contributed by atoms with E-state index in [0.29, 0.717) is 56.9 Å². The Morgan fingerprint density at radius 3 is 1.81 bits per heavy atom. The molecule has 0 amide bonds. The molecule has 0 radical (unpaired) electrons. The highest BCUT2D eigenvalue weighted by Gasteiger charge is 2.60. The summed E-state index contributed by atoms with van der Waals surface area (Å²) in [5.74, 6) is 3.03. The molecule has 4 aliphatic rings. The highest BCUT2D eigenvalue weighted by atomic mass is 35.5. The third-order valence-electron chi connectivity index (χ3n) is 18.1. The Labute approximate surface area is 439 Å². The number of nitrogens with zero attached hydrogens (tertiary/aromatic N) is 2. The molecule has 14 heteroatoms. The van der Waals surface area contributed by atoms with Crippen LogP contribution in [0.3, 0.4) is 0 Å². The smallest absolute Gasteiger partial charge is 0.339 e. The van der Waals surface area contributed by atoms with Crippen LogP contribution in [0, 0.1) is 78.4 Å². The molecule has 73 heavy (non-hydrogen) atoms. The van der Waals surface area contributed by atoms with Gasteiger partial charge in [-0.1, -0.05) is 107 Å². The molecule has 390 valence electrons. The molecule has 12 nitrogen and oxygen atoms in total. The van der Waals surface area contributed by atoms with Crippen molar-refractivity contribution >= 4 is 52.1 Å². The van der Waals surface area contributed by atoms with Crippen molar-refractivity contribution in [2.45, 2.75) is 138 Å². The minimum absolute atomic E-state index is 0.0258. The van der Waals surface area contributed by atoms with Crippen LogP contribution < -0.4 is 9.47 Å². The Kier molecular flexibility index (Phi) is 16.6.